The van der Waals surface area contributed by atoms with Crippen molar-refractivity contribution in [1.29, 1.82) is 0 Å². The summed E-state index contributed by atoms with van der Waals surface area (Å²) in [5.74, 6) is -0.389. The molecule has 2 saturated heterocycles. The third kappa shape index (κ3) is 3.85. The average molecular weight is 284 g/mol. The van der Waals surface area contributed by atoms with Crippen LogP contribution in [0.2, 0.25) is 0 Å². The van der Waals surface area contributed by atoms with Crippen molar-refractivity contribution in [2.75, 3.05) is 19.8 Å². The minimum absolute atomic E-state index is 0.0407. The predicted octanol–water partition coefficient (Wildman–Crippen LogP) is 1.45. The van der Waals surface area contributed by atoms with E-state index in [1.165, 1.54) is 0 Å². The summed E-state index contributed by atoms with van der Waals surface area (Å²) in [6.45, 7) is 4.20. The summed E-state index contributed by atoms with van der Waals surface area (Å²) in [6.07, 6.45) is 3.65. The molecule has 0 aromatic heterocycles. The van der Waals surface area contributed by atoms with Gasteiger partial charge in [-0.2, -0.15) is 0 Å². The summed E-state index contributed by atoms with van der Waals surface area (Å²) in [7, 11) is 0. The monoisotopic (exact) mass is 284 g/mol. The van der Waals surface area contributed by atoms with Gasteiger partial charge in [-0.1, -0.05) is 0 Å². The number of aliphatic carboxylic acids is 1. The third-order valence-electron chi connectivity index (χ3n) is 4.37. The van der Waals surface area contributed by atoms with Gasteiger partial charge in [-0.15, -0.1) is 0 Å². The van der Waals surface area contributed by atoms with Crippen molar-refractivity contribution >= 4 is 12.0 Å². The molecule has 2 aliphatic rings. The number of urea groups is 1. The Morgan fingerprint density at radius 3 is 2.70 bits per heavy atom. The largest absolute Gasteiger partial charge is 0.481 e. The first-order chi connectivity index (χ1) is 9.58. The molecule has 2 heterocycles. The lowest BCUT2D eigenvalue weighted by Gasteiger charge is -2.31. The molecule has 2 fully saturated rings. The molecule has 0 aliphatic carbocycles. The van der Waals surface area contributed by atoms with Crippen molar-refractivity contribution in [1.82, 2.24) is 10.2 Å². The fraction of sp³-hybridized carbons (Fsp3) is 0.857. The zero-order valence-electron chi connectivity index (χ0n) is 12.0. The van der Waals surface area contributed by atoms with Crippen LogP contribution in [0.3, 0.4) is 0 Å². The molecule has 2 N–H and O–H groups in total. The highest BCUT2D eigenvalue weighted by atomic mass is 16.5. The quantitative estimate of drug-likeness (QED) is 0.819. The molecule has 6 heteroatoms. The van der Waals surface area contributed by atoms with Gasteiger partial charge in [-0.25, -0.2) is 4.79 Å². The van der Waals surface area contributed by atoms with Crippen molar-refractivity contribution in [3.8, 4) is 0 Å². The minimum atomic E-state index is -0.841. The van der Waals surface area contributed by atoms with Gasteiger partial charge in [0.15, 0.2) is 0 Å². The van der Waals surface area contributed by atoms with E-state index >= 15 is 0 Å². The lowest BCUT2D eigenvalue weighted by Crippen LogP contribution is -2.49. The summed E-state index contributed by atoms with van der Waals surface area (Å²) < 4.78 is 5.33. The summed E-state index contributed by atoms with van der Waals surface area (Å²) in [4.78, 5) is 24.8. The number of hydrogen-bond donors (Lipinski definition) is 2. The van der Waals surface area contributed by atoms with Gasteiger partial charge in [-0.05, 0) is 38.5 Å². The lowest BCUT2D eigenvalue weighted by atomic mass is 9.93. The molecule has 2 amide bonds. The molecule has 114 valence electrons. The summed E-state index contributed by atoms with van der Waals surface area (Å²) in [5, 5.41) is 11.9. The Bertz CT molecular complexity index is 355. The number of nitrogens with one attached hydrogen (secondary N) is 1. The first-order valence-electron chi connectivity index (χ1n) is 7.44. The number of hydrogen-bond acceptors (Lipinski definition) is 3. The molecule has 20 heavy (non-hydrogen) atoms. The van der Waals surface area contributed by atoms with Gasteiger partial charge in [-0.3, -0.25) is 4.79 Å². The Hall–Kier alpha value is -1.30. The number of ether oxygens (including phenoxy) is 1. The molecule has 0 bridgehead atoms. The normalized spacial score (nSPS) is 25.4. The maximum atomic E-state index is 12.3. The van der Waals surface area contributed by atoms with Crippen LogP contribution in [0.4, 0.5) is 4.79 Å². The van der Waals surface area contributed by atoms with Crippen LogP contribution in [0.15, 0.2) is 0 Å². The Morgan fingerprint density at radius 1 is 1.35 bits per heavy atom. The number of rotatable bonds is 4. The molecule has 2 atom stereocenters. The summed E-state index contributed by atoms with van der Waals surface area (Å²) in [6, 6.07) is -0.167. The van der Waals surface area contributed by atoms with E-state index in [2.05, 4.69) is 5.32 Å². The molecule has 2 rings (SSSR count). The Balaban J connectivity index is 1.85. The van der Waals surface area contributed by atoms with E-state index in [1.54, 1.807) is 4.90 Å². The molecule has 0 aromatic rings. The van der Waals surface area contributed by atoms with Crippen LogP contribution in [0.1, 0.15) is 39.0 Å². The molecule has 0 aromatic carbocycles. The fourth-order valence-corrected chi connectivity index (χ4v) is 3.13. The average Bonchev–Trinajstić information content (AvgIpc) is 2.87. The van der Waals surface area contributed by atoms with Gasteiger partial charge >= 0.3 is 12.0 Å². The Kier molecular flexibility index (Phi) is 5.23. The second kappa shape index (κ2) is 6.92. The van der Waals surface area contributed by atoms with Crippen LogP contribution < -0.4 is 5.32 Å². The van der Waals surface area contributed by atoms with E-state index in [4.69, 9.17) is 9.84 Å². The third-order valence-corrected chi connectivity index (χ3v) is 4.37. The van der Waals surface area contributed by atoms with Gasteiger partial charge in [0.1, 0.15) is 0 Å². The molecule has 0 spiro atoms. The van der Waals surface area contributed by atoms with Gasteiger partial charge < -0.3 is 20.1 Å². The van der Waals surface area contributed by atoms with Crippen molar-refractivity contribution in [3.63, 3.8) is 0 Å². The number of amides is 2. The van der Waals surface area contributed by atoms with Gasteiger partial charge in [0.05, 0.1) is 6.42 Å². The first-order valence-corrected chi connectivity index (χ1v) is 7.44. The molecule has 2 unspecified atom stereocenters. The van der Waals surface area contributed by atoms with E-state index in [-0.39, 0.29) is 24.5 Å². The van der Waals surface area contributed by atoms with Crippen LogP contribution in [0, 0.1) is 5.92 Å². The molecular formula is C14H24N2O4. The standard InChI is InChI=1S/C14H24N2O4/c1-10(11-4-7-20-8-5-11)15-14(19)16-6-2-3-12(16)9-13(17)18/h10-12H,2-9H2,1H3,(H,15,19)(H,17,18). The molecule has 0 radical (unpaired) electrons. The Labute approximate surface area is 119 Å². The van der Waals surface area contributed by atoms with E-state index in [1.807, 2.05) is 6.92 Å². The lowest BCUT2D eigenvalue weighted by molar-refractivity contribution is -0.137. The summed E-state index contributed by atoms with van der Waals surface area (Å²) >= 11 is 0. The zero-order valence-corrected chi connectivity index (χ0v) is 12.0. The van der Waals surface area contributed by atoms with Crippen LogP contribution in [-0.4, -0.2) is 53.8 Å². The van der Waals surface area contributed by atoms with Crippen molar-refractivity contribution < 1.29 is 19.4 Å². The molecule has 6 nitrogen and oxygen atoms in total. The van der Waals surface area contributed by atoms with E-state index in [0.29, 0.717) is 12.5 Å². The van der Waals surface area contributed by atoms with Crippen LogP contribution >= 0.6 is 0 Å². The minimum Gasteiger partial charge on any atom is -0.481 e. The smallest absolute Gasteiger partial charge is 0.317 e. The second-order valence-electron chi connectivity index (χ2n) is 5.78. The number of carbonyl (C=O) groups is 2. The van der Waals surface area contributed by atoms with Crippen LogP contribution in [-0.2, 0) is 9.53 Å². The maximum Gasteiger partial charge on any atom is 0.317 e. The second-order valence-corrected chi connectivity index (χ2v) is 5.78. The number of carbonyl (C=O) groups excluding carboxylic acids is 1. The number of likely N-dealkylation sites (tertiary alicyclic amines) is 1. The van der Waals surface area contributed by atoms with Gasteiger partial charge in [0.2, 0.25) is 0 Å². The van der Waals surface area contributed by atoms with E-state index in [0.717, 1.165) is 38.9 Å². The Morgan fingerprint density at radius 2 is 2.05 bits per heavy atom. The zero-order chi connectivity index (χ0) is 14.5. The molecule has 2 aliphatic heterocycles. The summed E-state index contributed by atoms with van der Waals surface area (Å²) in [5.41, 5.74) is 0. The van der Waals surface area contributed by atoms with Crippen molar-refractivity contribution in [2.45, 2.75) is 51.1 Å². The van der Waals surface area contributed by atoms with Gasteiger partial charge in [0.25, 0.3) is 0 Å². The predicted molar refractivity (Wildman–Crippen MR) is 73.5 cm³/mol. The van der Waals surface area contributed by atoms with E-state index < -0.39 is 5.97 Å². The molecular weight excluding hydrogens is 260 g/mol. The van der Waals surface area contributed by atoms with Crippen molar-refractivity contribution in [3.05, 3.63) is 0 Å². The number of carboxylic acid groups (broad SMARTS) is 1. The van der Waals surface area contributed by atoms with Crippen LogP contribution in [0.25, 0.3) is 0 Å². The highest BCUT2D eigenvalue weighted by Gasteiger charge is 2.32. The first kappa shape index (κ1) is 15.1. The highest BCUT2D eigenvalue weighted by Crippen LogP contribution is 2.22. The van der Waals surface area contributed by atoms with Crippen LogP contribution in [0.5, 0.6) is 0 Å². The number of nitrogens with zero attached hydrogens (tertiary/aromatic N) is 1. The SMILES string of the molecule is CC(NC(=O)N1CCCC1CC(=O)O)C1CCOCC1. The number of carboxylic acids is 1. The maximum absolute atomic E-state index is 12.3. The van der Waals surface area contributed by atoms with Gasteiger partial charge in [0, 0.05) is 31.8 Å². The fourth-order valence-electron chi connectivity index (χ4n) is 3.13. The molecule has 0 saturated carbocycles. The van der Waals surface area contributed by atoms with E-state index in [9.17, 15) is 9.59 Å². The van der Waals surface area contributed by atoms with Crippen molar-refractivity contribution in [2.24, 2.45) is 5.92 Å². The highest BCUT2D eigenvalue weighted by molar-refractivity contribution is 5.76. The topological polar surface area (TPSA) is 78.9 Å².